The third-order valence-electron chi connectivity index (χ3n) is 4.97. The number of aliphatic hydroxyl groups is 1. The van der Waals surface area contributed by atoms with Crippen molar-refractivity contribution >= 4 is 45.6 Å². The first kappa shape index (κ1) is 24.3. The molecular formula is C25H23ClFN5O3. The second-order valence-corrected chi connectivity index (χ2v) is 8.00. The van der Waals surface area contributed by atoms with Crippen LogP contribution in [0.1, 0.15) is 5.56 Å². The minimum absolute atomic E-state index is 0.0419. The summed E-state index contributed by atoms with van der Waals surface area (Å²) >= 11 is 6.41. The van der Waals surface area contributed by atoms with Crippen LogP contribution in [0.25, 0.3) is 10.9 Å². The van der Waals surface area contributed by atoms with Gasteiger partial charge in [-0.2, -0.15) is 0 Å². The van der Waals surface area contributed by atoms with Gasteiger partial charge in [-0.25, -0.2) is 14.4 Å². The van der Waals surface area contributed by atoms with Gasteiger partial charge in [-0.15, -0.1) is 0 Å². The highest BCUT2D eigenvalue weighted by Gasteiger charge is 2.10. The van der Waals surface area contributed by atoms with Crippen LogP contribution in [-0.4, -0.2) is 40.7 Å². The summed E-state index contributed by atoms with van der Waals surface area (Å²) in [6.45, 7) is 0.565. The summed E-state index contributed by atoms with van der Waals surface area (Å²) in [5, 5.41) is 18.8. The molecule has 0 aliphatic rings. The van der Waals surface area contributed by atoms with Gasteiger partial charge in [0.05, 0.1) is 23.7 Å². The molecule has 0 aliphatic heterocycles. The number of hydrogen-bond acceptors (Lipinski definition) is 7. The van der Waals surface area contributed by atoms with E-state index in [1.54, 1.807) is 48.5 Å². The molecule has 4 rings (SSSR count). The first-order chi connectivity index (χ1) is 17.0. The number of hydrogen-bond donors (Lipinski definition) is 4. The van der Waals surface area contributed by atoms with E-state index in [2.05, 4.69) is 25.9 Å². The SMILES string of the molecule is O=C(CNCCO)Nc1ccc2ncnc(Nc3ccc(OCc4cccc(F)c4)c(Cl)c3)c2c1. The Kier molecular flexibility index (Phi) is 8.04. The predicted molar refractivity (Wildman–Crippen MR) is 134 cm³/mol. The number of amides is 1. The van der Waals surface area contributed by atoms with Crippen LogP contribution in [0.5, 0.6) is 5.75 Å². The van der Waals surface area contributed by atoms with Crippen LogP contribution < -0.4 is 20.7 Å². The van der Waals surface area contributed by atoms with Crippen LogP contribution in [0, 0.1) is 5.82 Å². The average Bonchev–Trinajstić information content (AvgIpc) is 2.84. The summed E-state index contributed by atoms with van der Waals surface area (Å²) < 4.78 is 19.1. The van der Waals surface area contributed by atoms with Crippen LogP contribution in [0.15, 0.2) is 67.0 Å². The number of carbonyl (C=O) groups excluding carboxylic acids is 1. The summed E-state index contributed by atoms with van der Waals surface area (Å²) in [7, 11) is 0. The highest BCUT2D eigenvalue weighted by Crippen LogP contribution is 2.31. The smallest absolute Gasteiger partial charge is 0.238 e. The second-order valence-electron chi connectivity index (χ2n) is 7.59. The van der Waals surface area contributed by atoms with Crippen LogP contribution in [0.2, 0.25) is 5.02 Å². The van der Waals surface area contributed by atoms with E-state index in [1.165, 1.54) is 18.5 Å². The number of aliphatic hydroxyl groups excluding tert-OH is 1. The minimum atomic E-state index is -0.324. The Balaban J connectivity index is 1.47. The third kappa shape index (κ3) is 6.63. The van der Waals surface area contributed by atoms with Crippen molar-refractivity contribution in [1.82, 2.24) is 15.3 Å². The van der Waals surface area contributed by atoms with Gasteiger partial charge in [0.15, 0.2) is 0 Å². The van der Waals surface area contributed by atoms with E-state index in [1.807, 2.05) is 0 Å². The largest absolute Gasteiger partial charge is 0.487 e. The third-order valence-corrected chi connectivity index (χ3v) is 5.27. The maximum Gasteiger partial charge on any atom is 0.238 e. The number of rotatable bonds is 10. The Bertz CT molecular complexity index is 1340. The zero-order valence-electron chi connectivity index (χ0n) is 18.6. The monoisotopic (exact) mass is 495 g/mol. The van der Waals surface area contributed by atoms with Crippen molar-refractivity contribution in [3.05, 3.63) is 83.4 Å². The summed E-state index contributed by atoms with van der Waals surface area (Å²) in [5.74, 6) is 0.447. The molecule has 0 spiro atoms. The first-order valence-corrected chi connectivity index (χ1v) is 11.2. The molecule has 10 heteroatoms. The molecule has 35 heavy (non-hydrogen) atoms. The molecule has 8 nitrogen and oxygen atoms in total. The highest BCUT2D eigenvalue weighted by molar-refractivity contribution is 6.32. The van der Waals surface area contributed by atoms with Gasteiger partial charge in [-0.3, -0.25) is 4.79 Å². The van der Waals surface area contributed by atoms with E-state index in [-0.39, 0.29) is 31.5 Å². The van der Waals surface area contributed by atoms with E-state index in [9.17, 15) is 9.18 Å². The van der Waals surface area contributed by atoms with Crippen LogP contribution in [-0.2, 0) is 11.4 Å². The standard InChI is InChI=1S/C25H23ClFN5O3/c26-21-12-19(5-7-23(21)35-14-16-2-1-3-17(27)10-16)32-25-20-11-18(4-6-22(20)29-15-30-25)31-24(34)13-28-8-9-33/h1-7,10-12,15,28,33H,8-9,13-14H2,(H,31,34)(H,29,30,32). The Labute approximate surface area is 206 Å². The molecule has 0 unspecified atom stereocenters. The molecule has 0 fully saturated rings. The lowest BCUT2D eigenvalue weighted by molar-refractivity contribution is -0.115. The maximum atomic E-state index is 13.4. The van der Waals surface area contributed by atoms with Gasteiger partial charge in [0.1, 0.15) is 30.3 Å². The molecule has 0 saturated carbocycles. The van der Waals surface area contributed by atoms with E-state index < -0.39 is 0 Å². The maximum absolute atomic E-state index is 13.4. The number of benzene rings is 3. The zero-order valence-corrected chi connectivity index (χ0v) is 19.3. The highest BCUT2D eigenvalue weighted by atomic mass is 35.5. The quantitative estimate of drug-likeness (QED) is 0.243. The molecule has 0 aliphatic carbocycles. The Morgan fingerprint density at radius 3 is 2.71 bits per heavy atom. The molecule has 4 aromatic rings. The van der Waals surface area contributed by atoms with Gasteiger partial charge < -0.3 is 25.8 Å². The van der Waals surface area contributed by atoms with Gasteiger partial charge in [0.25, 0.3) is 0 Å². The van der Waals surface area contributed by atoms with E-state index in [0.29, 0.717) is 51.0 Å². The molecule has 180 valence electrons. The molecule has 4 N–H and O–H groups in total. The predicted octanol–water partition coefficient (Wildman–Crippen LogP) is 4.27. The first-order valence-electron chi connectivity index (χ1n) is 10.8. The lowest BCUT2D eigenvalue weighted by Gasteiger charge is -2.13. The van der Waals surface area contributed by atoms with Crippen molar-refractivity contribution in [3.63, 3.8) is 0 Å². The fourth-order valence-electron chi connectivity index (χ4n) is 3.34. The minimum Gasteiger partial charge on any atom is -0.487 e. The number of halogens is 2. The summed E-state index contributed by atoms with van der Waals surface area (Å²) in [4.78, 5) is 20.7. The lowest BCUT2D eigenvalue weighted by atomic mass is 10.2. The van der Waals surface area contributed by atoms with Gasteiger partial charge in [-0.1, -0.05) is 23.7 Å². The van der Waals surface area contributed by atoms with Crippen molar-refractivity contribution < 1.29 is 19.0 Å². The number of ether oxygens (including phenoxy) is 1. The molecule has 1 amide bonds. The number of nitrogens with zero attached hydrogens (tertiary/aromatic N) is 2. The van der Waals surface area contributed by atoms with Crippen molar-refractivity contribution in [1.29, 1.82) is 0 Å². The van der Waals surface area contributed by atoms with Gasteiger partial charge in [0, 0.05) is 23.3 Å². The topological polar surface area (TPSA) is 108 Å². The Morgan fingerprint density at radius 1 is 1.06 bits per heavy atom. The molecule has 3 aromatic carbocycles. The molecular weight excluding hydrogens is 473 g/mol. The molecule has 0 radical (unpaired) electrons. The number of carbonyl (C=O) groups is 1. The number of anilines is 3. The Hall–Kier alpha value is -3.79. The summed E-state index contributed by atoms with van der Waals surface area (Å²) in [5.41, 5.74) is 2.66. The molecule has 1 aromatic heterocycles. The van der Waals surface area contributed by atoms with Crippen molar-refractivity contribution in [2.45, 2.75) is 6.61 Å². The second kappa shape index (κ2) is 11.6. The number of nitrogens with one attached hydrogen (secondary N) is 3. The zero-order chi connectivity index (χ0) is 24.6. The fraction of sp³-hybridized carbons (Fsp3) is 0.160. The average molecular weight is 496 g/mol. The van der Waals surface area contributed by atoms with Crippen molar-refractivity contribution in [2.24, 2.45) is 0 Å². The molecule has 1 heterocycles. The van der Waals surface area contributed by atoms with Gasteiger partial charge in [0.2, 0.25) is 5.91 Å². The van der Waals surface area contributed by atoms with E-state index >= 15 is 0 Å². The number of aromatic nitrogens is 2. The normalized spacial score (nSPS) is 10.8. The fourth-order valence-corrected chi connectivity index (χ4v) is 3.58. The molecule has 0 bridgehead atoms. The molecule has 0 atom stereocenters. The van der Waals surface area contributed by atoms with Crippen LogP contribution in [0.3, 0.4) is 0 Å². The Morgan fingerprint density at radius 2 is 1.91 bits per heavy atom. The lowest BCUT2D eigenvalue weighted by Crippen LogP contribution is -2.29. The van der Waals surface area contributed by atoms with E-state index in [4.69, 9.17) is 21.4 Å². The summed E-state index contributed by atoms with van der Waals surface area (Å²) in [6.07, 6.45) is 1.44. The van der Waals surface area contributed by atoms with Crippen molar-refractivity contribution in [3.8, 4) is 5.75 Å². The van der Waals surface area contributed by atoms with Crippen LogP contribution >= 0.6 is 11.6 Å². The number of fused-ring (bicyclic) bond motifs is 1. The van der Waals surface area contributed by atoms with Gasteiger partial charge >= 0.3 is 0 Å². The van der Waals surface area contributed by atoms with Crippen LogP contribution in [0.4, 0.5) is 21.6 Å². The van der Waals surface area contributed by atoms with Gasteiger partial charge in [-0.05, 0) is 54.1 Å². The summed E-state index contributed by atoms with van der Waals surface area (Å²) in [6, 6.07) is 16.7. The molecule has 0 saturated heterocycles. The van der Waals surface area contributed by atoms with Crippen molar-refractivity contribution in [2.75, 3.05) is 30.3 Å². The van der Waals surface area contributed by atoms with E-state index in [0.717, 1.165) is 0 Å².